The van der Waals surface area contributed by atoms with E-state index in [1.807, 2.05) is 13.8 Å². The maximum atomic E-state index is 13.5. The normalized spacial score (nSPS) is 11.1. The maximum Gasteiger partial charge on any atom is 0.335 e. The first-order valence-electron chi connectivity index (χ1n) is 16.6. The van der Waals surface area contributed by atoms with Crippen LogP contribution < -0.4 is 42.2 Å². The van der Waals surface area contributed by atoms with Gasteiger partial charge in [-0.25, -0.2) is 4.79 Å². The molecular formula is C39H40N6O9. The van der Waals surface area contributed by atoms with Crippen molar-refractivity contribution in [2.24, 2.45) is 11.7 Å². The van der Waals surface area contributed by atoms with E-state index in [1.54, 1.807) is 0 Å². The van der Waals surface area contributed by atoms with E-state index in [4.69, 9.17) is 20.9 Å². The second-order valence-electron chi connectivity index (χ2n) is 12.3. The standard InChI is InChI=1S/C39H40N6O9/c1-4-19-53-33-29(37(49)42-27-15-9-25(10-16-27)39(51)52)17-18-30(34(33)54-21-22(2)3)44-35(47)24-7-13-28(14-8-24)43-38(50)31(20-32(41)46)45-36(48)23-5-11-26(40)12-6-23/h4-18,22,31H,1,19-21,40H2,2-3H3,(H2,41,46)(H,42,49)(H,43,50)(H,44,47)(H,45,48)(H,51,52). The van der Waals surface area contributed by atoms with E-state index in [2.05, 4.69) is 27.8 Å². The van der Waals surface area contributed by atoms with Crippen LogP contribution >= 0.6 is 0 Å². The second-order valence-corrected chi connectivity index (χ2v) is 12.3. The van der Waals surface area contributed by atoms with E-state index in [0.29, 0.717) is 11.4 Å². The summed E-state index contributed by atoms with van der Waals surface area (Å²) in [7, 11) is 0. The third kappa shape index (κ3) is 10.9. The van der Waals surface area contributed by atoms with Crippen LogP contribution in [0.4, 0.5) is 22.7 Å². The fraction of sp³-hybridized carbons (Fsp3) is 0.179. The molecule has 0 aromatic heterocycles. The van der Waals surface area contributed by atoms with Gasteiger partial charge in [0.25, 0.3) is 17.7 Å². The summed E-state index contributed by atoms with van der Waals surface area (Å²) in [4.78, 5) is 75.6. The quantitative estimate of drug-likeness (QED) is 0.0583. The van der Waals surface area contributed by atoms with Gasteiger partial charge in [0, 0.05) is 28.2 Å². The molecule has 0 spiro atoms. The number of anilines is 4. The Bertz CT molecular complexity index is 2030. The van der Waals surface area contributed by atoms with E-state index in [1.165, 1.54) is 91.0 Å². The number of carbonyl (C=O) groups excluding carboxylic acids is 5. The molecule has 4 aromatic rings. The number of benzene rings is 4. The molecule has 0 fully saturated rings. The van der Waals surface area contributed by atoms with Crippen molar-refractivity contribution in [2.75, 3.05) is 34.9 Å². The van der Waals surface area contributed by atoms with Crippen LogP contribution in [0, 0.1) is 5.92 Å². The molecule has 0 heterocycles. The van der Waals surface area contributed by atoms with Crippen molar-refractivity contribution in [1.29, 1.82) is 0 Å². The first-order valence-corrected chi connectivity index (χ1v) is 16.6. The van der Waals surface area contributed by atoms with Crippen molar-refractivity contribution in [3.63, 3.8) is 0 Å². The fourth-order valence-electron chi connectivity index (χ4n) is 4.83. The van der Waals surface area contributed by atoms with Gasteiger partial charge < -0.3 is 47.3 Å². The molecule has 0 saturated carbocycles. The zero-order chi connectivity index (χ0) is 39.4. The summed E-state index contributed by atoms with van der Waals surface area (Å²) >= 11 is 0. The maximum absolute atomic E-state index is 13.5. The van der Waals surface area contributed by atoms with Gasteiger partial charge in [-0.2, -0.15) is 0 Å². The van der Waals surface area contributed by atoms with Gasteiger partial charge in [-0.15, -0.1) is 0 Å². The number of hydrogen-bond donors (Lipinski definition) is 7. The van der Waals surface area contributed by atoms with Crippen molar-refractivity contribution in [3.05, 3.63) is 120 Å². The number of carbonyl (C=O) groups is 6. The Balaban J connectivity index is 1.53. The number of ether oxygens (including phenoxy) is 2. The number of hydrogen-bond acceptors (Lipinski definition) is 9. The number of nitrogens with one attached hydrogen (secondary N) is 4. The highest BCUT2D eigenvalue weighted by Crippen LogP contribution is 2.40. The first kappa shape index (κ1) is 39.6. The minimum Gasteiger partial charge on any atom is -0.487 e. The Morgan fingerprint density at radius 2 is 1.30 bits per heavy atom. The summed E-state index contributed by atoms with van der Waals surface area (Å²) in [6.45, 7) is 7.73. The summed E-state index contributed by atoms with van der Waals surface area (Å²) in [5.41, 5.74) is 12.8. The number of carboxylic acids is 1. The van der Waals surface area contributed by atoms with Crippen LogP contribution in [0.15, 0.2) is 97.6 Å². The van der Waals surface area contributed by atoms with Crippen molar-refractivity contribution < 1.29 is 43.3 Å². The van der Waals surface area contributed by atoms with Gasteiger partial charge in [0.1, 0.15) is 12.6 Å². The highest BCUT2D eigenvalue weighted by molar-refractivity contribution is 6.10. The number of primary amides is 1. The molecule has 0 radical (unpaired) electrons. The molecule has 0 aliphatic rings. The van der Waals surface area contributed by atoms with Gasteiger partial charge in [0.15, 0.2) is 11.5 Å². The Kier molecular flexibility index (Phi) is 13.5. The summed E-state index contributed by atoms with van der Waals surface area (Å²) in [5.74, 6) is -4.19. The molecule has 0 saturated heterocycles. The smallest absolute Gasteiger partial charge is 0.335 e. The number of aromatic carboxylic acids is 1. The molecule has 9 N–H and O–H groups in total. The van der Waals surface area contributed by atoms with Crippen molar-refractivity contribution >= 4 is 58.3 Å². The van der Waals surface area contributed by atoms with Crippen LogP contribution in [0.5, 0.6) is 11.5 Å². The Labute approximate surface area is 310 Å². The summed E-state index contributed by atoms with van der Waals surface area (Å²) in [6, 6.07) is 19.1. The zero-order valence-electron chi connectivity index (χ0n) is 29.5. The Morgan fingerprint density at radius 1 is 0.722 bits per heavy atom. The van der Waals surface area contributed by atoms with E-state index >= 15 is 0 Å². The van der Waals surface area contributed by atoms with Crippen LogP contribution in [0.3, 0.4) is 0 Å². The molecule has 0 aliphatic heterocycles. The van der Waals surface area contributed by atoms with E-state index in [-0.39, 0.29) is 64.3 Å². The minimum atomic E-state index is -1.29. The lowest BCUT2D eigenvalue weighted by atomic mass is 10.1. The number of amides is 5. The first-order chi connectivity index (χ1) is 25.7. The average molecular weight is 737 g/mol. The van der Waals surface area contributed by atoms with Crippen LogP contribution in [0.25, 0.3) is 0 Å². The average Bonchev–Trinajstić information content (AvgIpc) is 3.13. The number of nitrogen functional groups attached to an aromatic ring is 1. The molecule has 1 unspecified atom stereocenters. The predicted octanol–water partition coefficient (Wildman–Crippen LogP) is 4.68. The highest BCUT2D eigenvalue weighted by Gasteiger charge is 2.25. The summed E-state index contributed by atoms with van der Waals surface area (Å²) in [6.07, 6.45) is 1.02. The van der Waals surface area contributed by atoms with E-state index in [9.17, 15) is 33.9 Å². The van der Waals surface area contributed by atoms with Gasteiger partial charge in [-0.05, 0) is 90.8 Å². The van der Waals surface area contributed by atoms with Crippen molar-refractivity contribution in [2.45, 2.75) is 26.3 Å². The Hall–Kier alpha value is -7.16. The van der Waals surface area contributed by atoms with E-state index in [0.717, 1.165) is 0 Å². The molecular weight excluding hydrogens is 696 g/mol. The Morgan fingerprint density at radius 3 is 1.87 bits per heavy atom. The third-order valence-corrected chi connectivity index (χ3v) is 7.52. The van der Waals surface area contributed by atoms with Crippen LogP contribution in [-0.4, -0.2) is 59.9 Å². The molecule has 15 nitrogen and oxygen atoms in total. The molecule has 15 heteroatoms. The van der Waals surface area contributed by atoms with Gasteiger partial charge in [-0.1, -0.05) is 26.5 Å². The van der Waals surface area contributed by atoms with E-state index < -0.39 is 48.0 Å². The number of nitrogens with two attached hydrogens (primary N) is 2. The van der Waals surface area contributed by atoms with Gasteiger partial charge in [-0.3, -0.25) is 24.0 Å². The minimum absolute atomic E-state index is 0.00156. The monoisotopic (exact) mass is 736 g/mol. The molecule has 0 aliphatic carbocycles. The number of carboxylic acid groups (broad SMARTS) is 1. The molecule has 280 valence electrons. The van der Waals surface area contributed by atoms with Crippen molar-refractivity contribution in [1.82, 2.24) is 5.32 Å². The summed E-state index contributed by atoms with van der Waals surface area (Å²) in [5, 5.41) is 19.8. The number of rotatable bonds is 17. The van der Waals surface area contributed by atoms with Crippen LogP contribution in [0.2, 0.25) is 0 Å². The lowest BCUT2D eigenvalue weighted by Gasteiger charge is -2.20. The summed E-state index contributed by atoms with van der Waals surface area (Å²) < 4.78 is 12.0. The lowest BCUT2D eigenvalue weighted by Crippen LogP contribution is -2.46. The largest absolute Gasteiger partial charge is 0.487 e. The molecule has 0 bridgehead atoms. The highest BCUT2D eigenvalue weighted by atomic mass is 16.5. The van der Waals surface area contributed by atoms with Gasteiger partial charge in [0.05, 0.1) is 29.8 Å². The molecule has 1 atom stereocenters. The van der Waals surface area contributed by atoms with Crippen LogP contribution in [-0.2, 0) is 9.59 Å². The topological polar surface area (TPSA) is 241 Å². The molecule has 4 aromatic carbocycles. The molecule has 54 heavy (non-hydrogen) atoms. The third-order valence-electron chi connectivity index (χ3n) is 7.52. The lowest BCUT2D eigenvalue weighted by molar-refractivity contribution is -0.123. The molecule has 4 rings (SSSR count). The second kappa shape index (κ2) is 18.4. The predicted molar refractivity (Wildman–Crippen MR) is 203 cm³/mol. The van der Waals surface area contributed by atoms with Crippen molar-refractivity contribution in [3.8, 4) is 11.5 Å². The van der Waals surface area contributed by atoms with Gasteiger partial charge >= 0.3 is 5.97 Å². The van der Waals surface area contributed by atoms with Crippen LogP contribution in [0.1, 0.15) is 61.7 Å². The fourth-order valence-corrected chi connectivity index (χ4v) is 4.83. The SMILES string of the molecule is C=CCOc1c(C(=O)Nc2ccc(C(=O)O)cc2)ccc(NC(=O)c2ccc(NC(=O)C(CC(N)=O)NC(=O)c3ccc(N)cc3)cc2)c1OCC(C)C. The zero-order valence-corrected chi connectivity index (χ0v) is 29.5. The molecule has 5 amide bonds. The van der Waals surface area contributed by atoms with Gasteiger partial charge in [0.2, 0.25) is 11.8 Å².